The van der Waals surface area contributed by atoms with E-state index in [4.69, 9.17) is 21.7 Å². The molecule has 2 aromatic carbocycles. The SMILES string of the molecule is Cc1nc2cc(-c3ccc(Cl)cc3)nn2c(C)c1CCC(=O)N1CCN(c2ccc(F)cc2)CC1. The lowest BCUT2D eigenvalue weighted by atomic mass is 10.1. The number of carbonyl (C=O) groups excluding carboxylic acids is 1. The molecule has 1 aliphatic heterocycles. The van der Waals surface area contributed by atoms with Gasteiger partial charge in [-0.3, -0.25) is 4.79 Å². The Morgan fingerprint density at radius 3 is 2.37 bits per heavy atom. The minimum absolute atomic E-state index is 0.143. The highest BCUT2D eigenvalue weighted by Gasteiger charge is 2.22. The molecule has 0 saturated carbocycles. The van der Waals surface area contributed by atoms with E-state index in [9.17, 15) is 9.18 Å². The van der Waals surface area contributed by atoms with Crippen molar-refractivity contribution < 1.29 is 9.18 Å². The lowest BCUT2D eigenvalue weighted by Gasteiger charge is -2.36. The number of hydrogen-bond donors (Lipinski definition) is 0. The van der Waals surface area contributed by atoms with Gasteiger partial charge in [0.25, 0.3) is 0 Å². The van der Waals surface area contributed by atoms with Crippen molar-refractivity contribution >= 4 is 28.8 Å². The monoisotopic (exact) mass is 491 g/mol. The third-order valence-electron chi connectivity index (χ3n) is 6.72. The highest BCUT2D eigenvalue weighted by atomic mass is 35.5. The van der Waals surface area contributed by atoms with E-state index in [2.05, 4.69) is 4.90 Å². The molecule has 0 atom stereocenters. The largest absolute Gasteiger partial charge is 0.368 e. The Labute approximate surface area is 209 Å². The Morgan fingerprint density at radius 2 is 1.69 bits per heavy atom. The third kappa shape index (κ3) is 4.86. The number of benzene rings is 2. The first kappa shape index (κ1) is 23.3. The van der Waals surface area contributed by atoms with Gasteiger partial charge in [-0.25, -0.2) is 13.9 Å². The highest BCUT2D eigenvalue weighted by Crippen LogP contribution is 2.24. The van der Waals surface area contributed by atoms with Gasteiger partial charge in [0.1, 0.15) is 5.82 Å². The first-order chi connectivity index (χ1) is 16.9. The molecule has 3 heterocycles. The summed E-state index contributed by atoms with van der Waals surface area (Å²) in [5.41, 5.74) is 6.57. The van der Waals surface area contributed by atoms with Gasteiger partial charge in [-0.15, -0.1) is 0 Å². The molecular weight excluding hydrogens is 465 g/mol. The highest BCUT2D eigenvalue weighted by molar-refractivity contribution is 6.30. The third-order valence-corrected chi connectivity index (χ3v) is 6.97. The molecular formula is C27H27ClFN5O. The van der Waals surface area contributed by atoms with Crippen LogP contribution in [-0.2, 0) is 11.2 Å². The minimum atomic E-state index is -0.239. The first-order valence-corrected chi connectivity index (χ1v) is 12.2. The molecule has 1 aliphatic rings. The summed E-state index contributed by atoms with van der Waals surface area (Å²) in [5, 5.41) is 5.45. The van der Waals surface area contributed by atoms with Gasteiger partial charge in [-0.05, 0) is 62.2 Å². The summed E-state index contributed by atoms with van der Waals surface area (Å²) in [4.78, 5) is 21.8. The van der Waals surface area contributed by atoms with Crippen LogP contribution in [0.4, 0.5) is 10.1 Å². The van der Waals surface area contributed by atoms with Crippen molar-refractivity contribution in [2.45, 2.75) is 26.7 Å². The van der Waals surface area contributed by atoms with Gasteiger partial charge < -0.3 is 9.80 Å². The van der Waals surface area contributed by atoms with E-state index >= 15 is 0 Å². The number of carbonyl (C=O) groups is 1. The molecule has 180 valence electrons. The average molecular weight is 492 g/mol. The fraction of sp³-hybridized carbons (Fsp3) is 0.296. The number of fused-ring (bicyclic) bond motifs is 1. The van der Waals surface area contributed by atoms with Crippen molar-refractivity contribution in [3.05, 3.63) is 82.4 Å². The van der Waals surface area contributed by atoms with Crippen molar-refractivity contribution in [3.63, 3.8) is 0 Å². The summed E-state index contributed by atoms with van der Waals surface area (Å²) in [6, 6.07) is 16.1. The maximum atomic E-state index is 13.2. The van der Waals surface area contributed by atoms with Gasteiger partial charge in [0, 0.05) is 66.3 Å². The van der Waals surface area contributed by atoms with Crippen molar-refractivity contribution in [3.8, 4) is 11.3 Å². The first-order valence-electron chi connectivity index (χ1n) is 11.8. The number of nitrogens with zero attached hydrogens (tertiary/aromatic N) is 5. The van der Waals surface area contributed by atoms with Gasteiger partial charge >= 0.3 is 0 Å². The normalized spacial score (nSPS) is 14.1. The lowest BCUT2D eigenvalue weighted by molar-refractivity contribution is -0.131. The maximum absolute atomic E-state index is 13.2. The molecule has 1 fully saturated rings. The molecule has 0 aliphatic carbocycles. The number of hydrogen-bond acceptors (Lipinski definition) is 4. The Kier molecular flexibility index (Phi) is 6.43. The van der Waals surface area contributed by atoms with Crippen LogP contribution in [0.25, 0.3) is 16.9 Å². The number of aromatic nitrogens is 3. The zero-order valence-corrected chi connectivity index (χ0v) is 20.6. The molecule has 5 rings (SSSR count). The van der Waals surface area contributed by atoms with E-state index in [0.29, 0.717) is 31.0 Å². The smallest absolute Gasteiger partial charge is 0.223 e. The number of halogens is 2. The quantitative estimate of drug-likeness (QED) is 0.390. The predicted molar refractivity (Wildman–Crippen MR) is 136 cm³/mol. The van der Waals surface area contributed by atoms with Gasteiger partial charge in [0.2, 0.25) is 5.91 Å². The molecule has 6 nitrogen and oxygen atoms in total. The van der Waals surface area contributed by atoms with Crippen LogP contribution in [0, 0.1) is 19.7 Å². The van der Waals surface area contributed by atoms with Gasteiger partial charge in [-0.1, -0.05) is 23.7 Å². The summed E-state index contributed by atoms with van der Waals surface area (Å²) < 4.78 is 15.1. The summed E-state index contributed by atoms with van der Waals surface area (Å²) >= 11 is 6.02. The summed E-state index contributed by atoms with van der Waals surface area (Å²) in [5.74, 6) is -0.0953. The van der Waals surface area contributed by atoms with Gasteiger partial charge in [0.15, 0.2) is 5.65 Å². The molecule has 2 aromatic heterocycles. The average Bonchev–Trinajstić information content (AvgIpc) is 3.29. The zero-order chi connectivity index (χ0) is 24.5. The fourth-order valence-electron chi connectivity index (χ4n) is 4.71. The molecule has 0 radical (unpaired) electrons. The van der Waals surface area contributed by atoms with Crippen LogP contribution in [0.5, 0.6) is 0 Å². The topological polar surface area (TPSA) is 53.7 Å². The number of rotatable bonds is 5. The standard InChI is InChI=1S/C27H27ClFN5O/c1-18-24(19(2)34-26(30-18)17-25(31-34)20-3-5-21(28)6-4-20)11-12-27(35)33-15-13-32(14-16-33)23-9-7-22(29)8-10-23/h3-10,17H,11-16H2,1-2H3. The Bertz CT molecular complexity index is 1360. The molecule has 1 amide bonds. The Balaban J connectivity index is 1.25. The van der Waals surface area contributed by atoms with Crippen LogP contribution in [0.2, 0.25) is 5.02 Å². The second kappa shape index (κ2) is 9.66. The second-order valence-corrected chi connectivity index (χ2v) is 9.35. The molecule has 0 bridgehead atoms. The number of piperazine rings is 1. The van der Waals surface area contributed by atoms with Crippen molar-refractivity contribution in [2.75, 3.05) is 31.1 Å². The minimum Gasteiger partial charge on any atom is -0.368 e. The molecule has 0 N–H and O–H groups in total. The van der Waals surface area contributed by atoms with Crippen molar-refractivity contribution in [1.29, 1.82) is 0 Å². The second-order valence-electron chi connectivity index (χ2n) is 8.91. The summed E-state index contributed by atoms with van der Waals surface area (Å²) in [6.07, 6.45) is 1.05. The number of aryl methyl sites for hydroxylation is 2. The van der Waals surface area contributed by atoms with E-state index in [1.54, 1.807) is 12.1 Å². The van der Waals surface area contributed by atoms with E-state index in [-0.39, 0.29) is 11.7 Å². The summed E-state index contributed by atoms with van der Waals surface area (Å²) in [7, 11) is 0. The Hall–Kier alpha value is -3.45. The van der Waals surface area contributed by atoms with Crippen LogP contribution in [-0.4, -0.2) is 51.6 Å². The van der Waals surface area contributed by atoms with E-state index in [1.807, 2.05) is 53.6 Å². The summed E-state index contributed by atoms with van der Waals surface area (Å²) in [6.45, 7) is 6.82. The number of amides is 1. The Morgan fingerprint density at radius 1 is 1.00 bits per heavy atom. The fourth-order valence-corrected chi connectivity index (χ4v) is 4.83. The maximum Gasteiger partial charge on any atom is 0.223 e. The van der Waals surface area contributed by atoms with Crippen LogP contribution in [0.15, 0.2) is 54.6 Å². The van der Waals surface area contributed by atoms with Gasteiger partial charge in [-0.2, -0.15) is 5.10 Å². The van der Waals surface area contributed by atoms with Gasteiger partial charge in [0.05, 0.1) is 5.69 Å². The molecule has 4 aromatic rings. The molecule has 0 spiro atoms. The van der Waals surface area contributed by atoms with Crippen LogP contribution in [0.1, 0.15) is 23.4 Å². The predicted octanol–water partition coefficient (Wildman–Crippen LogP) is 5.09. The number of anilines is 1. The molecule has 1 saturated heterocycles. The van der Waals surface area contributed by atoms with Crippen LogP contribution < -0.4 is 4.90 Å². The van der Waals surface area contributed by atoms with Crippen LogP contribution >= 0.6 is 11.6 Å². The van der Waals surface area contributed by atoms with E-state index in [0.717, 1.165) is 52.6 Å². The van der Waals surface area contributed by atoms with E-state index in [1.165, 1.54) is 12.1 Å². The van der Waals surface area contributed by atoms with E-state index < -0.39 is 0 Å². The van der Waals surface area contributed by atoms with Crippen molar-refractivity contribution in [1.82, 2.24) is 19.5 Å². The van der Waals surface area contributed by atoms with Crippen molar-refractivity contribution in [2.24, 2.45) is 0 Å². The zero-order valence-electron chi connectivity index (χ0n) is 19.8. The molecule has 0 unspecified atom stereocenters. The lowest BCUT2D eigenvalue weighted by Crippen LogP contribution is -2.48. The molecule has 35 heavy (non-hydrogen) atoms. The van der Waals surface area contributed by atoms with Crippen LogP contribution in [0.3, 0.4) is 0 Å². The molecule has 8 heteroatoms.